The van der Waals surface area contributed by atoms with Gasteiger partial charge in [-0.1, -0.05) is 13.3 Å². The van der Waals surface area contributed by atoms with Gasteiger partial charge in [0.2, 0.25) is 0 Å². The van der Waals surface area contributed by atoms with Gasteiger partial charge in [-0.3, -0.25) is 0 Å². The predicted octanol–water partition coefficient (Wildman–Crippen LogP) is 2.47. The highest BCUT2D eigenvalue weighted by molar-refractivity contribution is 9.10. The van der Waals surface area contributed by atoms with Crippen LogP contribution in [0.3, 0.4) is 0 Å². The van der Waals surface area contributed by atoms with E-state index in [9.17, 15) is 0 Å². The van der Waals surface area contributed by atoms with Gasteiger partial charge in [0.1, 0.15) is 16.7 Å². The van der Waals surface area contributed by atoms with Crippen molar-refractivity contribution in [3.63, 3.8) is 0 Å². The fourth-order valence-electron chi connectivity index (χ4n) is 1.37. The Bertz CT molecular complexity index is 290. The topological polar surface area (TPSA) is 47.0 Å². The molecule has 0 aliphatic carbocycles. The molecule has 0 saturated heterocycles. The van der Waals surface area contributed by atoms with Crippen LogP contribution in [-0.4, -0.2) is 29.7 Å². The van der Waals surface area contributed by atoms with Crippen LogP contribution >= 0.6 is 15.9 Å². The minimum atomic E-state index is 0.307. The molecule has 0 radical (unpaired) electrons. The first-order chi connectivity index (χ1) is 7.26. The molecule has 0 saturated carbocycles. The molecule has 84 valence electrons. The number of nitrogens with zero attached hydrogens (tertiary/aromatic N) is 2. The number of hydrogen-bond acceptors (Lipinski definition) is 4. The molecule has 15 heavy (non-hydrogen) atoms. The lowest BCUT2D eigenvalue weighted by molar-refractivity contribution is 0.182. The van der Waals surface area contributed by atoms with Gasteiger partial charge < -0.3 is 10.1 Å². The molecule has 1 unspecified atom stereocenters. The van der Waals surface area contributed by atoms with Crippen LogP contribution in [-0.2, 0) is 4.74 Å². The Morgan fingerprint density at radius 2 is 2.33 bits per heavy atom. The molecule has 0 amide bonds. The maximum Gasteiger partial charge on any atom is 0.130 e. The smallest absolute Gasteiger partial charge is 0.130 e. The van der Waals surface area contributed by atoms with Gasteiger partial charge in [-0.25, -0.2) is 9.97 Å². The van der Waals surface area contributed by atoms with Gasteiger partial charge in [-0.2, -0.15) is 0 Å². The van der Waals surface area contributed by atoms with Gasteiger partial charge in [-0.15, -0.1) is 0 Å². The van der Waals surface area contributed by atoms with Crippen molar-refractivity contribution in [2.45, 2.75) is 25.8 Å². The van der Waals surface area contributed by atoms with Crippen molar-refractivity contribution in [3.8, 4) is 0 Å². The molecule has 1 atom stereocenters. The van der Waals surface area contributed by atoms with E-state index in [0.717, 1.165) is 23.3 Å². The monoisotopic (exact) mass is 273 g/mol. The molecule has 4 nitrogen and oxygen atoms in total. The summed E-state index contributed by atoms with van der Waals surface area (Å²) in [5.74, 6) is 0.826. The Hall–Kier alpha value is -0.680. The second-order valence-electron chi connectivity index (χ2n) is 3.31. The zero-order valence-corrected chi connectivity index (χ0v) is 10.6. The number of hydrogen-bond donors (Lipinski definition) is 1. The average Bonchev–Trinajstić information content (AvgIpc) is 2.18. The molecular weight excluding hydrogens is 258 g/mol. The normalized spacial score (nSPS) is 12.5. The highest BCUT2D eigenvalue weighted by Crippen LogP contribution is 2.12. The number of ether oxygens (including phenoxy) is 1. The third kappa shape index (κ3) is 4.57. The first kappa shape index (κ1) is 12.4. The van der Waals surface area contributed by atoms with E-state index in [1.165, 1.54) is 6.33 Å². The Labute approximate surface area is 98.6 Å². The fourth-order valence-corrected chi connectivity index (χ4v) is 1.68. The minimum Gasteiger partial charge on any atom is -0.383 e. The number of anilines is 1. The van der Waals surface area contributed by atoms with Gasteiger partial charge in [0.15, 0.2) is 0 Å². The van der Waals surface area contributed by atoms with E-state index in [1.807, 2.05) is 6.07 Å². The van der Waals surface area contributed by atoms with Crippen LogP contribution in [0.1, 0.15) is 19.8 Å². The first-order valence-corrected chi connectivity index (χ1v) is 5.78. The lowest BCUT2D eigenvalue weighted by atomic mass is 10.2. The Kier molecular flexibility index (Phi) is 5.57. The maximum atomic E-state index is 5.14. The van der Waals surface area contributed by atoms with Crippen LogP contribution in [0.4, 0.5) is 5.82 Å². The lowest BCUT2D eigenvalue weighted by Gasteiger charge is -2.17. The Morgan fingerprint density at radius 3 is 2.93 bits per heavy atom. The molecule has 1 aromatic heterocycles. The standard InChI is InChI=1S/C10H16BrN3O/c1-3-4-8(6-15-2)14-10-5-9(11)12-7-13-10/h5,7-8H,3-4,6H2,1-2H3,(H,12,13,14). The molecule has 1 heterocycles. The summed E-state index contributed by atoms with van der Waals surface area (Å²) in [5.41, 5.74) is 0. The first-order valence-electron chi connectivity index (χ1n) is 4.99. The highest BCUT2D eigenvalue weighted by Gasteiger charge is 2.07. The van der Waals surface area contributed by atoms with Gasteiger partial charge in [0, 0.05) is 13.2 Å². The number of rotatable bonds is 6. The largest absolute Gasteiger partial charge is 0.383 e. The van der Waals surface area contributed by atoms with E-state index < -0.39 is 0 Å². The van der Waals surface area contributed by atoms with Crippen molar-refractivity contribution in [1.82, 2.24) is 9.97 Å². The molecule has 1 N–H and O–H groups in total. The molecule has 0 spiro atoms. The summed E-state index contributed by atoms with van der Waals surface area (Å²) >= 11 is 3.31. The van der Waals surface area contributed by atoms with Crippen LogP contribution < -0.4 is 5.32 Å². The third-order valence-electron chi connectivity index (χ3n) is 1.99. The van der Waals surface area contributed by atoms with Crippen LogP contribution in [0.5, 0.6) is 0 Å². The summed E-state index contributed by atoms with van der Waals surface area (Å²) in [7, 11) is 1.71. The quantitative estimate of drug-likeness (QED) is 0.809. The van der Waals surface area contributed by atoms with Gasteiger partial charge in [0.05, 0.1) is 12.6 Å². The summed E-state index contributed by atoms with van der Waals surface area (Å²) in [6.45, 7) is 2.84. The van der Waals surface area contributed by atoms with E-state index in [2.05, 4.69) is 38.1 Å². The summed E-state index contributed by atoms with van der Waals surface area (Å²) in [6.07, 6.45) is 3.71. The highest BCUT2D eigenvalue weighted by atomic mass is 79.9. The molecule has 1 rings (SSSR count). The molecule has 0 fully saturated rings. The Morgan fingerprint density at radius 1 is 1.53 bits per heavy atom. The number of halogens is 1. The van der Waals surface area contributed by atoms with Crippen molar-refractivity contribution in [3.05, 3.63) is 17.0 Å². The maximum absolute atomic E-state index is 5.14. The average molecular weight is 274 g/mol. The molecule has 0 aromatic carbocycles. The Balaban J connectivity index is 2.56. The fraction of sp³-hybridized carbons (Fsp3) is 0.600. The summed E-state index contributed by atoms with van der Waals surface area (Å²) < 4.78 is 5.93. The second-order valence-corrected chi connectivity index (χ2v) is 4.12. The predicted molar refractivity (Wildman–Crippen MR) is 63.9 cm³/mol. The second kappa shape index (κ2) is 6.74. The van der Waals surface area contributed by atoms with E-state index in [4.69, 9.17) is 4.74 Å². The molecule has 1 aromatic rings. The number of aromatic nitrogens is 2. The summed E-state index contributed by atoms with van der Waals surface area (Å²) in [5, 5.41) is 3.32. The molecule has 5 heteroatoms. The van der Waals surface area contributed by atoms with Gasteiger partial charge in [0.25, 0.3) is 0 Å². The summed E-state index contributed by atoms with van der Waals surface area (Å²) in [6, 6.07) is 2.17. The van der Waals surface area contributed by atoms with Crippen LogP contribution in [0.2, 0.25) is 0 Å². The molecular formula is C10H16BrN3O. The number of methoxy groups -OCH3 is 1. The minimum absolute atomic E-state index is 0.307. The van der Waals surface area contributed by atoms with Crippen LogP contribution in [0.25, 0.3) is 0 Å². The van der Waals surface area contributed by atoms with Gasteiger partial charge >= 0.3 is 0 Å². The zero-order valence-electron chi connectivity index (χ0n) is 9.03. The van der Waals surface area contributed by atoms with E-state index in [0.29, 0.717) is 12.6 Å². The SMILES string of the molecule is CCCC(COC)Nc1cc(Br)ncn1. The molecule has 0 bridgehead atoms. The summed E-state index contributed by atoms with van der Waals surface area (Å²) in [4.78, 5) is 8.11. The van der Waals surface area contributed by atoms with Crippen molar-refractivity contribution in [2.75, 3.05) is 19.0 Å². The van der Waals surface area contributed by atoms with E-state index >= 15 is 0 Å². The number of nitrogens with one attached hydrogen (secondary N) is 1. The van der Waals surface area contributed by atoms with Crippen LogP contribution in [0, 0.1) is 0 Å². The van der Waals surface area contributed by atoms with E-state index in [1.54, 1.807) is 7.11 Å². The van der Waals surface area contributed by atoms with E-state index in [-0.39, 0.29) is 0 Å². The van der Waals surface area contributed by atoms with Crippen molar-refractivity contribution < 1.29 is 4.74 Å². The third-order valence-corrected chi connectivity index (χ3v) is 2.42. The van der Waals surface area contributed by atoms with Crippen LogP contribution in [0.15, 0.2) is 17.0 Å². The zero-order chi connectivity index (χ0) is 11.1. The van der Waals surface area contributed by atoms with Crippen molar-refractivity contribution in [1.29, 1.82) is 0 Å². The lowest BCUT2D eigenvalue weighted by Crippen LogP contribution is -2.25. The van der Waals surface area contributed by atoms with Crippen molar-refractivity contribution in [2.24, 2.45) is 0 Å². The van der Waals surface area contributed by atoms with Crippen molar-refractivity contribution >= 4 is 21.7 Å². The molecule has 0 aliphatic rings. The van der Waals surface area contributed by atoms with Gasteiger partial charge in [-0.05, 0) is 22.4 Å². The molecule has 0 aliphatic heterocycles.